The number of rotatable bonds is 3. The van der Waals surface area contributed by atoms with Gasteiger partial charge in [-0.3, -0.25) is 4.40 Å². The Hall–Kier alpha value is -2.41. The molecule has 0 spiro atoms. The first-order chi connectivity index (χ1) is 10.4. The molecule has 0 unspecified atom stereocenters. The quantitative estimate of drug-likeness (QED) is 0.700. The highest BCUT2D eigenvalue weighted by atomic mass is 35.5. The third kappa shape index (κ3) is 3.25. The molecule has 0 bridgehead atoms. The predicted molar refractivity (Wildman–Crippen MR) is 73.4 cm³/mol. The number of aromatic nitrogens is 2. The Morgan fingerprint density at radius 1 is 1.05 bits per heavy atom. The number of ether oxygens (including phenoxy) is 2. The number of nitrogens with zero attached hydrogens (tertiary/aromatic N) is 2. The zero-order valence-electron chi connectivity index (χ0n) is 10.8. The number of imidazole rings is 1. The van der Waals surface area contributed by atoms with Crippen molar-refractivity contribution in [1.82, 2.24) is 9.38 Å². The summed E-state index contributed by atoms with van der Waals surface area (Å²) in [6.45, 7) is 0. The van der Waals surface area contributed by atoms with Gasteiger partial charge in [-0.15, -0.1) is 13.2 Å². The lowest BCUT2D eigenvalue weighted by atomic mass is 10.3. The molecule has 0 saturated heterocycles. The molecule has 0 amide bonds. The van der Waals surface area contributed by atoms with Gasteiger partial charge in [0, 0.05) is 11.1 Å². The topological polar surface area (TPSA) is 35.8 Å². The van der Waals surface area contributed by atoms with Gasteiger partial charge in [0.25, 0.3) is 0 Å². The first-order valence-corrected chi connectivity index (χ1v) is 6.44. The summed E-state index contributed by atoms with van der Waals surface area (Å²) in [5, 5.41) is 0.458. The van der Waals surface area contributed by atoms with E-state index in [1.54, 1.807) is 29.1 Å². The molecule has 1 aromatic carbocycles. The molecule has 0 atom stereocenters. The number of alkyl halides is 3. The maximum Gasteiger partial charge on any atom is 0.573 e. The van der Waals surface area contributed by atoms with Crippen LogP contribution in [0.5, 0.6) is 17.4 Å². The molecule has 22 heavy (non-hydrogen) atoms. The van der Waals surface area contributed by atoms with E-state index in [1.807, 2.05) is 0 Å². The van der Waals surface area contributed by atoms with Crippen molar-refractivity contribution >= 4 is 17.1 Å². The Balaban J connectivity index is 1.84. The average Bonchev–Trinajstić information content (AvgIpc) is 2.87. The van der Waals surface area contributed by atoms with E-state index >= 15 is 0 Å². The number of halogens is 4. The summed E-state index contributed by atoms with van der Waals surface area (Å²) in [5.74, 6) is 0.412. The summed E-state index contributed by atoms with van der Waals surface area (Å²) in [4.78, 5) is 3.98. The van der Waals surface area contributed by atoms with Crippen LogP contribution in [0.2, 0.25) is 5.02 Å². The van der Waals surface area contributed by atoms with E-state index in [0.717, 1.165) is 5.52 Å². The first-order valence-electron chi connectivity index (χ1n) is 6.06. The summed E-state index contributed by atoms with van der Waals surface area (Å²) in [5.41, 5.74) is 0.736. The van der Waals surface area contributed by atoms with Crippen molar-refractivity contribution in [2.45, 2.75) is 6.36 Å². The molecule has 8 heteroatoms. The molecule has 4 nitrogen and oxygen atoms in total. The van der Waals surface area contributed by atoms with Crippen LogP contribution < -0.4 is 9.47 Å². The minimum absolute atomic E-state index is 0.321. The third-order valence-electron chi connectivity index (χ3n) is 2.73. The van der Waals surface area contributed by atoms with E-state index in [0.29, 0.717) is 16.7 Å². The van der Waals surface area contributed by atoms with Gasteiger partial charge in [0.1, 0.15) is 17.8 Å². The van der Waals surface area contributed by atoms with Crippen LogP contribution >= 0.6 is 11.6 Å². The highest BCUT2D eigenvalue weighted by Gasteiger charge is 2.30. The maximum absolute atomic E-state index is 12.1. The van der Waals surface area contributed by atoms with Crippen molar-refractivity contribution in [3.63, 3.8) is 0 Å². The summed E-state index contributed by atoms with van der Waals surface area (Å²) in [6.07, 6.45) is -1.57. The Kier molecular flexibility index (Phi) is 3.58. The van der Waals surface area contributed by atoms with Crippen molar-refractivity contribution in [2.24, 2.45) is 0 Å². The number of fused-ring (bicyclic) bond motifs is 1. The largest absolute Gasteiger partial charge is 0.573 e. The van der Waals surface area contributed by atoms with Crippen molar-refractivity contribution in [2.75, 3.05) is 0 Å². The molecule has 0 radical (unpaired) electrons. The molecule has 2 heterocycles. The lowest BCUT2D eigenvalue weighted by Gasteiger charge is -2.11. The standard InChI is InChI=1S/C14H8ClF3N2O2/c15-9-5-10-7-19-8-20(10)13(6-9)21-11-1-3-12(4-2-11)22-14(16,17)18/h1-8H. The monoisotopic (exact) mass is 328 g/mol. The molecule has 0 aliphatic heterocycles. The molecule has 0 N–H and O–H groups in total. The van der Waals surface area contributed by atoms with Gasteiger partial charge in [-0.1, -0.05) is 11.6 Å². The number of pyridine rings is 1. The smallest absolute Gasteiger partial charge is 0.440 e. The van der Waals surface area contributed by atoms with E-state index in [4.69, 9.17) is 16.3 Å². The van der Waals surface area contributed by atoms with Crippen molar-refractivity contribution < 1.29 is 22.6 Å². The fourth-order valence-electron chi connectivity index (χ4n) is 1.88. The minimum atomic E-state index is -4.72. The zero-order valence-corrected chi connectivity index (χ0v) is 11.6. The Bertz CT molecular complexity index is 800. The first kappa shape index (κ1) is 14.5. The normalized spacial score (nSPS) is 11.6. The van der Waals surface area contributed by atoms with Crippen LogP contribution in [-0.4, -0.2) is 15.7 Å². The van der Waals surface area contributed by atoms with Gasteiger partial charge in [0.15, 0.2) is 0 Å². The van der Waals surface area contributed by atoms with Crippen LogP contribution in [0.25, 0.3) is 5.52 Å². The van der Waals surface area contributed by atoms with Crippen LogP contribution in [0.3, 0.4) is 0 Å². The van der Waals surface area contributed by atoms with Crippen molar-refractivity contribution in [3.05, 3.63) is 53.9 Å². The molecule has 2 aromatic heterocycles. The second-order valence-electron chi connectivity index (χ2n) is 4.32. The molecule has 114 valence electrons. The van der Waals surface area contributed by atoms with E-state index in [2.05, 4.69) is 9.72 Å². The van der Waals surface area contributed by atoms with Crippen LogP contribution in [0, 0.1) is 0 Å². The molecular formula is C14H8ClF3N2O2. The van der Waals surface area contributed by atoms with Gasteiger partial charge in [-0.05, 0) is 30.3 Å². The average molecular weight is 329 g/mol. The molecule has 3 aromatic rings. The molecular weight excluding hydrogens is 321 g/mol. The number of benzene rings is 1. The lowest BCUT2D eigenvalue weighted by molar-refractivity contribution is -0.274. The predicted octanol–water partition coefficient (Wildman–Crippen LogP) is 4.68. The lowest BCUT2D eigenvalue weighted by Crippen LogP contribution is -2.16. The Labute approximate surface area is 127 Å². The van der Waals surface area contributed by atoms with Gasteiger partial charge < -0.3 is 9.47 Å². The third-order valence-corrected chi connectivity index (χ3v) is 2.95. The van der Waals surface area contributed by atoms with Crippen LogP contribution in [0.15, 0.2) is 48.9 Å². The second-order valence-corrected chi connectivity index (χ2v) is 4.76. The molecule has 3 rings (SSSR count). The summed E-state index contributed by atoms with van der Waals surface area (Å²) < 4.78 is 47.3. The molecule has 0 saturated carbocycles. The van der Waals surface area contributed by atoms with Crippen LogP contribution in [0.1, 0.15) is 0 Å². The number of hydrogen-bond acceptors (Lipinski definition) is 3. The Morgan fingerprint density at radius 3 is 2.41 bits per heavy atom. The van der Waals surface area contributed by atoms with Gasteiger partial charge in [-0.25, -0.2) is 4.98 Å². The van der Waals surface area contributed by atoms with Crippen LogP contribution in [-0.2, 0) is 0 Å². The van der Waals surface area contributed by atoms with Gasteiger partial charge >= 0.3 is 6.36 Å². The highest BCUT2D eigenvalue weighted by molar-refractivity contribution is 6.31. The zero-order chi connectivity index (χ0) is 15.7. The fourth-order valence-corrected chi connectivity index (χ4v) is 2.08. The Morgan fingerprint density at radius 2 is 1.73 bits per heavy atom. The maximum atomic E-state index is 12.1. The summed E-state index contributed by atoms with van der Waals surface area (Å²) >= 11 is 5.98. The SMILES string of the molecule is FC(F)(F)Oc1ccc(Oc2cc(Cl)cc3cncn23)cc1. The van der Waals surface area contributed by atoms with Crippen molar-refractivity contribution in [3.8, 4) is 17.4 Å². The van der Waals surface area contributed by atoms with E-state index in [1.165, 1.54) is 24.3 Å². The summed E-state index contributed by atoms with van der Waals surface area (Å²) in [6, 6.07) is 8.35. The molecule has 0 aliphatic carbocycles. The van der Waals surface area contributed by atoms with E-state index in [9.17, 15) is 13.2 Å². The van der Waals surface area contributed by atoms with E-state index in [-0.39, 0.29) is 5.75 Å². The van der Waals surface area contributed by atoms with Gasteiger partial charge in [-0.2, -0.15) is 0 Å². The second kappa shape index (κ2) is 5.42. The van der Waals surface area contributed by atoms with Gasteiger partial charge in [0.05, 0.1) is 11.7 Å². The van der Waals surface area contributed by atoms with Gasteiger partial charge in [0.2, 0.25) is 5.88 Å². The summed E-state index contributed by atoms with van der Waals surface area (Å²) in [7, 11) is 0. The number of hydrogen-bond donors (Lipinski definition) is 0. The minimum Gasteiger partial charge on any atom is -0.440 e. The fraction of sp³-hybridized carbons (Fsp3) is 0.0714. The molecule has 0 fully saturated rings. The van der Waals surface area contributed by atoms with Crippen molar-refractivity contribution in [1.29, 1.82) is 0 Å². The highest BCUT2D eigenvalue weighted by Crippen LogP contribution is 2.29. The molecule has 0 aliphatic rings. The van der Waals surface area contributed by atoms with Crippen LogP contribution in [0.4, 0.5) is 13.2 Å². The van der Waals surface area contributed by atoms with E-state index < -0.39 is 6.36 Å².